The van der Waals surface area contributed by atoms with Crippen LogP contribution in [-0.2, 0) is 16.0 Å². The fraction of sp³-hybridized carbons (Fsp3) is 0.406. The van der Waals surface area contributed by atoms with Crippen molar-refractivity contribution in [2.24, 2.45) is 22.7 Å². The number of carbonyl (C=O) groups is 1. The molecule has 0 amide bonds. The van der Waals surface area contributed by atoms with Gasteiger partial charge in [-0.3, -0.25) is 4.79 Å². The summed E-state index contributed by atoms with van der Waals surface area (Å²) < 4.78 is 6.50. The first-order chi connectivity index (χ1) is 16.4. The van der Waals surface area contributed by atoms with E-state index < -0.39 is 0 Å². The third-order valence-corrected chi connectivity index (χ3v) is 9.24. The van der Waals surface area contributed by atoms with Crippen LogP contribution in [0, 0.1) is 22.7 Å². The van der Waals surface area contributed by atoms with E-state index in [4.69, 9.17) is 4.74 Å². The minimum Gasteiger partial charge on any atom is -0.461 e. The van der Waals surface area contributed by atoms with Crippen LogP contribution in [0.3, 0.4) is 0 Å². The van der Waals surface area contributed by atoms with Crippen molar-refractivity contribution in [3.8, 4) is 0 Å². The molecule has 3 aromatic rings. The van der Waals surface area contributed by atoms with Crippen molar-refractivity contribution in [3.05, 3.63) is 108 Å². The monoisotopic (exact) mass is 452 g/mol. The topological polar surface area (TPSA) is 26.3 Å². The van der Waals surface area contributed by atoms with Crippen LogP contribution in [0.1, 0.15) is 62.6 Å². The number of hydrogen-bond acceptors (Lipinski definition) is 2. The summed E-state index contributed by atoms with van der Waals surface area (Å²) in [6, 6.07) is 31.9. The molecule has 176 valence electrons. The second kappa shape index (κ2) is 9.06. The number of fused-ring (bicyclic) bond motifs is 2. The summed E-state index contributed by atoms with van der Waals surface area (Å²) in [6.07, 6.45) is 3.38. The Labute approximate surface area is 204 Å². The molecule has 5 rings (SSSR count). The van der Waals surface area contributed by atoms with Crippen LogP contribution >= 0.6 is 0 Å². The molecule has 4 atom stereocenters. The number of carbonyl (C=O) groups excluding carboxylic acids is 1. The standard InChI is InChI=1S/C32H36O2/c1-31(2)26-21-22-32(31,3)30(34-27(33)20-19-23-13-7-4-8-14-23)29(26)28(24-15-9-5-10-16-24)25-17-11-6-12-18-25/h4-18,26,28-30H,19-22H2,1-3H3/t26-,29+,30-,32+/m1/s1. The fourth-order valence-corrected chi connectivity index (χ4v) is 7.05. The highest BCUT2D eigenvalue weighted by Gasteiger charge is 2.69. The zero-order valence-corrected chi connectivity index (χ0v) is 20.6. The second-order valence-corrected chi connectivity index (χ2v) is 11.1. The summed E-state index contributed by atoms with van der Waals surface area (Å²) in [5.41, 5.74) is 3.91. The number of hydrogen-bond donors (Lipinski definition) is 0. The molecule has 0 saturated heterocycles. The van der Waals surface area contributed by atoms with Crippen LogP contribution in [0.25, 0.3) is 0 Å². The highest BCUT2D eigenvalue weighted by atomic mass is 16.5. The first-order valence-electron chi connectivity index (χ1n) is 12.7. The summed E-state index contributed by atoms with van der Waals surface area (Å²) >= 11 is 0. The smallest absolute Gasteiger partial charge is 0.306 e. The molecule has 0 radical (unpaired) electrons. The van der Waals surface area contributed by atoms with E-state index in [1.165, 1.54) is 23.1 Å². The van der Waals surface area contributed by atoms with E-state index in [0.29, 0.717) is 12.3 Å². The van der Waals surface area contributed by atoms with Crippen LogP contribution in [0.4, 0.5) is 0 Å². The molecule has 2 bridgehead atoms. The summed E-state index contributed by atoms with van der Waals surface area (Å²) in [7, 11) is 0. The zero-order chi connectivity index (χ0) is 23.8. The Morgan fingerprint density at radius 3 is 1.94 bits per heavy atom. The van der Waals surface area contributed by atoms with Gasteiger partial charge in [-0.1, -0.05) is 112 Å². The van der Waals surface area contributed by atoms with Gasteiger partial charge < -0.3 is 4.74 Å². The number of benzene rings is 3. The average molecular weight is 453 g/mol. The Hall–Kier alpha value is -2.87. The maximum atomic E-state index is 13.2. The molecule has 0 spiro atoms. The molecule has 0 heterocycles. The average Bonchev–Trinajstić information content (AvgIpc) is 3.18. The molecule has 0 aromatic heterocycles. The van der Waals surface area contributed by atoms with Crippen molar-refractivity contribution in [2.75, 3.05) is 0 Å². The van der Waals surface area contributed by atoms with Crippen LogP contribution < -0.4 is 0 Å². The van der Waals surface area contributed by atoms with E-state index in [1.54, 1.807) is 0 Å². The van der Waals surface area contributed by atoms with Gasteiger partial charge in [0.05, 0.1) is 0 Å². The lowest BCUT2D eigenvalue weighted by molar-refractivity contribution is -0.161. The van der Waals surface area contributed by atoms with Gasteiger partial charge in [0, 0.05) is 23.7 Å². The van der Waals surface area contributed by atoms with E-state index in [1.807, 2.05) is 18.2 Å². The molecule has 0 aliphatic heterocycles. The molecule has 2 saturated carbocycles. The Kier molecular flexibility index (Phi) is 6.10. The van der Waals surface area contributed by atoms with E-state index in [2.05, 4.69) is 93.6 Å². The van der Waals surface area contributed by atoms with Gasteiger partial charge >= 0.3 is 5.97 Å². The van der Waals surface area contributed by atoms with Crippen LogP contribution in [0.2, 0.25) is 0 Å². The molecule has 3 aromatic carbocycles. The summed E-state index contributed by atoms with van der Waals surface area (Å²) in [6.45, 7) is 7.18. The van der Waals surface area contributed by atoms with Crippen LogP contribution in [0.5, 0.6) is 0 Å². The molecule has 34 heavy (non-hydrogen) atoms. The maximum Gasteiger partial charge on any atom is 0.306 e. The molecule has 2 aliphatic rings. The normalized spacial score (nSPS) is 27.1. The number of rotatable bonds is 7. The Morgan fingerprint density at radius 2 is 1.38 bits per heavy atom. The quantitative estimate of drug-likeness (QED) is 0.348. The van der Waals surface area contributed by atoms with E-state index >= 15 is 0 Å². The van der Waals surface area contributed by atoms with Crippen molar-refractivity contribution < 1.29 is 9.53 Å². The zero-order valence-electron chi connectivity index (χ0n) is 20.6. The van der Waals surface area contributed by atoms with Gasteiger partial charge in [-0.2, -0.15) is 0 Å². The summed E-state index contributed by atoms with van der Waals surface area (Å²) in [5.74, 6) is 0.915. The van der Waals surface area contributed by atoms with E-state index in [9.17, 15) is 4.79 Å². The van der Waals surface area contributed by atoms with Gasteiger partial charge in [-0.15, -0.1) is 0 Å². The van der Waals surface area contributed by atoms with Crippen LogP contribution in [-0.4, -0.2) is 12.1 Å². The lowest BCUT2D eigenvalue weighted by atomic mass is 9.68. The van der Waals surface area contributed by atoms with E-state index in [0.717, 1.165) is 12.8 Å². The number of esters is 1. The van der Waals surface area contributed by atoms with Gasteiger partial charge in [-0.25, -0.2) is 0 Å². The van der Waals surface area contributed by atoms with Crippen molar-refractivity contribution in [3.63, 3.8) is 0 Å². The van der Waals surface area contributed by atoms with Crippen molar-refractivity contribution in [1.29, 1.82) is 0 Å². The van der Waals surface area contributed by atoms with Gasteiger partial charge in [0.1, 0.15) is 6.10 Å². The molecule has 2 nitrogen and oxygen atoms in total. The minimum atomic E-state index is -0.0880. The van der Waals surface area contributed by atoms with Gasteiger partial charge in [0.25, 0.3) is 0 Å². The molecule has 2 aliphatic carbocycles. The number of ether oxygens (including phenoxy) is 1. The predicted octanol–water partition coefficient (Wildman–Crippen LogP) is 7.44. The second-order valence-electron chi connectivity index (χ2n) is 11.1. The lowest BCUT2D eigenvalue weighted by Crippen LogP contribution is -2.42. The molecular weight excluding hydrogens is 416 g/mol. The molecular formula is C32H36O2. The molecule has 0 unspecified atom stereocenters. The predicted molar refractivity (Wildman–Crippen MR) is 137 cm³/mol. The number of aryl methyl sites for hydroxylation is 1. The van der Waals surface area contributed by atoms with Crippen molar-refractivity contribution >= 4 is 5.97 Å². The minimum absolute atomic E-state index is 0.0213. The van der Waals surface area contributed by atoms with Gasteiger partial charge in [0.2, 0.25) is 0 Å². The van der Waals surface area contributed by atoms with Crippen molar-refractivity contribution in [1.82, 2.24) is 0 Å². The first kappa shape index (κ1) is 22.9. The molecule has 2 heteroatoms. The third-order valence-electron chi connectivity index (χ3n) is 9.24. The Bertz CT molecular complexity index is 1070. The van der Waals surface area contributed by atoms with Crippen LogP contribution in [0.15, 0.2) is 91.0 Å². The van der Waals surface area contributed by atoms with Gasteiger partial charge in [0.15, 0.2) is 0 Å². The Balaban J connectivity index is 1.49. The lowest BCUT2D eigenvalue weighted by Gasteiger charge is -2.41. The molecule has 0 N–H and O–H groups in total. The third kappa shape index (κ3) is 3.87. The summed E-state index contributed by atoms with van der Waals surface area (Å²) in [4.78, 5) is 13.2. The summed E-state index contributed by atoms with van der Waals surface area (Å²) in [5, 5.41) is 0. The van der Waals surface area contributed by atoms with Gasteiger partial charge in [-0.05, 0) is 47.3 Å². The maximum absolute atomic E-state index is 13.2. The fourth-order valence-electron chi connectivity index (χ4n) is 7.05. The highest BCUT2D eigenvalue weighted by Crippen LogP contribution is 2.71. The SMILES string of the molecule is CC1(C)[C@@H]2CC[C@@]1(C)[C@H](OC(=O)CCc1ccccc1)[C@@H]2C(c1ccccc1)c1ccccc1. The highest BCUT2D eigenvalue weighted by molar-refractivity contribution is 5.70. The van der Waals surface area contributed by atoms with E-state index in [-0.39, 0.29) is 34.7 Å². The molecule has 2 fully saturated rings. The van der Waals surface area contributed by atoms with Crippen molar-refractivity contribution in [2.45, 2.75) is 58.5 Å². The largest absolute Gasteiger partial charge is 0.461 e. The Morgan fingerprint density at radius 1 is 0.853 bits per heavy atom. The first-order valence-corrected chi connectivity index (χ1v) is 12.7.